The fourth-order valence-electron chi connectivity index (χ4n) is 3.99. The number of nitrogens with zero attached hydrogens (tertiary/aromatic N) is 3. The van der Waals surface area contributed by atoms with Crippen molar-refractivity contribution >= 4 is 34.9 Å². The third kappa shape index (κ3) is 5.91. The van der Waals surface area contributed by atoms with Gasteiger partial charge in [-0.15, -0.1) is 0 Å². The number of nitriles is 1. The molecule has 0 unspecified atom stereocenters. The van der Waals surface area contributed by atoms with Gasteiger partial charge in [-0.1, -0.05) is 30.4 Å². The third-order valence-corrected chi connectivity index (χ3v) is 5.86. The summed E-state index contributed by atoms with van der Waals surface area (Å²) in [6, 6.07) is 11.5. The van der Waals surface area contributed by atoms with Gasteiger partial charge in [0.05, 0.1) is 35.8 Å². The van der Waals surface area contributed by atoms with Crippen molar-refractivity contribution in [2.75, 3.05) is 13.1 Å². The van der Waals surface area contributed by atoms with Crippen LogP contribution in [0, 0.1) is 11.3 Å². The van der Waals surface area contributed by atoms with E-state index in [4.69, 9.17) is 5.26 Å². The standard InChI is InChI=1S/C26H19F5N4O2/c27-25(28)12-19(13-32)35(15-25)23(36)14-34-24(37)20-9-10-33-22-8-5-17(11-21(20)22)2-1-16-3-6-18(7-4-16)26(29,30)31/h1-11,19H,12,14-15H2,(H,34,37)/b2-1+/t19-/m0/s1. The Morgan fingerprint density at radius 1 is 1.11 bits per heavy atom. The Hall–Kier alpha value is -4.33. The molecule has 0 aliphatic carbocycles. The van der Waals surface area contributed by atoms with Crippen LogP contribution in [0.25, 0.3) is 23.1 Å². The number of fused-ring (bicyclic) bond motifs is 1. The second-order valence-electron chi connectivity index (χ2n) is 8.50. The van der Waals surface area contributed by atoms with Crippen molar-refractivity contribution in [1.29, 1.82) is 5.26 Å². The summed E-state index contributed by atoms with van der Waals surface area (Å²) in [4.78, 5) is 30.2. The average molecular weight is 514 g/mol. The molecule has 190 valence electrons. The molecule has 1 aromatic heterocycles. The highest BCUT2D eigenvalue weighted by atomic mass is 19.4. The summed E-state index contributed by atoms with van der Waals surface area (Å²) in [6.07, 6.45) is -0.486. The number of alkyl halides is 5. The second kappa shape index (κ2) is 9.97. The third-order valence-electron chi connectivity index (χ3n) is 5.86. The molecule has 6 nitrogen and oxygen atoms in total. The molecule has 1 saturated heterocycles. The van der Waals surface area contributed by atoms with E-state index in [0.717, 1.165) is 17.0 Å². The topological polar surface area (TPSA) is 86.1 Å². The van der Waals surface area contributed by atoms with E-state index in [2.05, 4.69) is 10.3 Å². The largest absolute Gasteiger partial charge is 0.416 e. The summed E-state index contributed by atoms with van der Waals surface area (Å²) in [7, 11) is 0. The first-order chi connectivity index (χ1) is 17.5. The molecule has 1 fully saturated rings. The lowest BCUT2D eigenvalue weighted by atomic mass is 10.0. The summed E-state index contributed by atoms with van der Waals surface area (Å²) in [5.41, 5.74) is 1.10. The number of likely N-dealkylation sites (tertiary alicyclic amines) is 1. The van der Waals surface area contributed by atoms with E-state index >= 15 is 0 Å². The maximum atomic E-state index is 13.6. The normalized spacial score (nSPS) is 17.2. The molecule has 1 aliphatic rings. The zero-order valence-electron chi connectivity index (χ0n) is 19.1. The quantitative estimate of drug-likeness (QED) is 0.387. The highest BCUT2D eigenvalue weighted by Crippen LogP contribution is 2.32. The van der Waals surface area contributed by atoms with Crippen LogP contribution in [0.15, 0.2) is 54.7 Å². The summed E-state index contributed by atoms with van der Waals surface area (Å²) in [5, 5.41) is 11.9. The number of amides is 2. The molecule has 37 heavy (non-hydrogen) atoms. The van der Waals surface area contributed by atoms with E-state index < -0.39 is 55.0 Å². The minimum Gasteiger partial charge on any atom is -0.343 e. The van der Waals surface area contributed by atoms with Gasteiger partial charge >= 0.3 is 6.18 Å². The van der Waals surface area contributed by atoms with Crippen molar-refractivity contribution in [2.24, 2.45) is 0 Å². The average Bonchev–Trinajstić information content (AvgIpc) is 3.19. The van der Waals surface area contributed by atoms with Crippen LogP contribution in [0.4, 0.5) is 22.0 Å². The van der Waals surface area contributed by atoms with Crippen molar-refractivity contribution in [3.8, 4) is 6.07 Å². The van der Waals surface area contributed by atoms with Crippen LogP contribution in [0.3, 0.4) is 0 Å². The summed E-state index contributed by atoms with van der Waals surface area (Å²) >= 11 is 0. The molecule has 2 heterocycles. The predicted octanol–water partition coefficient (Wildman–Crippen LogP) is 4.91. The first-order valence-corrected chi connectivity index (χ1v) is 11.1. The minimum atomic E-state index is -4.42. The van der Waals surface area contributed by atoms with E-state index in [1.807, 2.05) is 0 Å². The van der Waals surface area contributed by atoms with Gasteiger partial charge in [-0.25, -0.2) is 8.78 Å². The summed E-state index contributed by atoms with van der Waals surface area (Å²) in [6.45, 7) is -1.45. The molecule has 0 radical (unpaired) electrons. The van der Waals surface area contributed by atoms with Gasteiger partial charge in [-0.05, 0) is 41.5 Å². The number of aromatic nitrogens is 1. The van der Waals surface area contributed by atoms with E-state index in [0.29, 0.717) is 22.0 Å². The van der Waals surface area contributed by atoms with Crippen LogP contribution in [0.2, 0.25) is 0 Å². The number of nitrogens with one attached hydrogen (secondary N) is 1. The Bertz CT molecular complexity index is 1410. The van der Waals surface area contributed by atoms with Crippen molar-refractivity contribution in [2.45, 2.75) is 24.6 Å². The molecule has 2 amide bonds. The van der Waals surface area contributed by atoms with Gasteiger partial charge in [-0.2, -0.15) is 18.4 Å². The maximum absolute atomic E-state index is 13.6. The lowest BCUT2D eigenvalue weighted by Gasteiger charge is -2.19. The smallest absolute Gasteiger partial charge is 0.343 e. The van der Waals surface area contributed by atoms with Gasteiger partial charge in [0.2, 0.25) is 5.91 Å². The molecular formula is C26H19F5N4O2. The Kier molecular flexibility index (Phi) is 6.94. The maximum Gasteiger partial charge on any atom is 0.416 e. The van der Waals surface area contributed by atoms with E-state index in [1.165, 1.54) is 24.4 Å². The lowest BCUT2D eigenvalue weighted by molar-refractivity contribution is -0.137. The number of carbonyl (C=O) groups excluding carboxylic acids is 2. The van der Waals surface area contributed by atoms with E-state index in [1.54, 1.807) is 36.4 Å². The summed E-state index contributed by atoms with van der Waals surface area (Å²) < 4.78 is 65.5. The minimum absolute atomic E-state index is 0.186. The van der Waals surface area contributed by atoms with Gasteiger partial charge in [0, 0.05) is 18.0 Å². The molecule has 1 aliphatic heterocycles. The molecule has 1 N–H and O–H groups in total. The first-order valence-electron chi connectivity index (χ1n) is 11.1. The predicted molar refractivity (Wildman–Crippen MR) is 125 cm³/mol. The first kappa shape index (κ1) is 25.8. The van der Waals surface area contributed by atoms with Gasteiger partial charge in [0.15, 0.2) is 0 Å². The zero-order valence-corrected chi connectivity index (χ0v) is 19.1. The van der Waals surface area contributed by atoms with Crippen LogP contribution in [-0.4, -0.2) is 46.8 Å². The van der Waals surface area contributed by atoms with Gasteiger partial charge in [0.25, 0.3) is 11.8 Å². The molecule has 0 bridgehead atoms. The highest BCUT2D eigenvalue weighted by molar-refractivity contribution is 6.07. The Morgan fingerprint density at radius 2 is 1.78 bits per heavy atom. The molecule has 0 saturated carbocycles. The Morgan fingerprint density at radius 3 is 2.46 bits per heavy atom. The van der Waals surface area contributed by atoms with Crippen molar-refractivity contribution < 1.29 is 31.5 Å². The molecule has 0 spiro atoms. The number of carbonyl (C=O) groups is 2. The van der Waals surface area contributed by atoms with Crippen molar-refractivity contribution in [3.63, 3.8) is 0 Å². The number of hydrogen-bond acceptors (Lipinski definition) is 4. The van der Waals surface area contributed by atoms with E-state index in [-0.39, 0.29) is 5.56 Å². The lowest BCUT2D eigenvalue weighted by Crippen LogP contribution is -2.43. The monoisotopic (exact) mass is 514 g/mol. The Labute approximate surface area is 208 Å². The van der Waals surface area contributed by atoms with E-state index in [9.17, 15) is 31.5 Å². The molecule has 3 aromatic rings. The highest BCUT2D eigenvalue weighted by Gasteiger charge is 2.47. The van der Waals surface area contributed by atoms with Crippen molar-refractivity contribution in [3.05, 3.63) is 77.0 Å². The molecule has 2 aromatic carbocycles. The Balaban J connectivity index is 1.49. The number of halogens is 5. The number of hydrogen-bond donors (Lipinski definition) is 1. The number of rotatable bonds is 5. The van der Waals surface area contributed by atoms with Crippen LogP contribution in [0.5, 0.6) is 0 Å². The molecule has 1 atom stereocenters. The van der Waals surface area contributed by atoms with Gasteiger partial charge in [0.1, 0.15) is 6.04 Å². The molecule has 11 heteroatoms. The SMILES string of the molecule is N#C[C@@H]1CC(F)(F)CN1C(=O)CNC(=O)c1ccnc2ccc(/C=C/c3ccc(C(F)(F)F)cc3)cc12. The fraction of sp³-hybridized carbons (Fsp3) is 0.231. The van der Waals surface area contributed by atoms with Crippen LogP contribution >= 0.6 is 0 Å². The molecule has 4 rings (SSSR count). The van der Waals surface area contributed by atoms with Crippen LogP contribution < -0.4 is 5.32 Å². The van der Waals surface area contributed by atoms with Crippen LogP contribution in [0.1, 0.15) is 33.5 Å². The zero-order chi connectivity index (χ0) is 26.8. The second-order valence-corrected chi connectivity index (χ2v) is 8.50. The van der Waals surface area contributed by atoms with Gasteiger partial charge < -0.3 is 10.2 Å². The number of pyridine rings is 1. The van der Waals surface area contributed by atoms with Crippen molar-refractivity contribution in [1.82, 2.24) is 15.2 Å². The number of benzene rings is 2. The molecular weight excluding hydrogens is 495 g/mol. The fourth-order valence-corrected chi connectivity index (χ4v) is 3.99. The van der Waals surface area contributed by atoms with Gasteiger partial charge in [-0.3, -0.25) is 14.6 Å². The van der Waals surface area contributed by atoms with Crippen LogP contribution in [-0.2, 0) is 11.0 Å². The summed E-state index contributed by atoms with van der Waals surface area (Å²) in [5.74, 6) is -4.59.